The number of aliphatic carboxylic acids is 1. The number of hydrogen-bond donors (Lipinski definition) is 3. The SMILES string of the molecule is Cc1noc(-c2ccc(CN[C@H](Cc3ccccc3Cl)C(=O)O)cc2)c1NC(=O)O[C@H](C)c1ccccc1. The summed E-state index contributed by atoms with van der Waals surface area (Å²) >= 11 is 6.20. The van der Waals surface area contributed by atoms with Gasteiger partial charge in [-0.2, -0.15) is 0 Å². The molecule has 2 atom stereocenters. The Morgan fingerprint density at radius 3 is 2.39 bits per heavy atom. The van der Waals surface area contributed by atoms with E-state index in [1.54, 1.807) is 19.9 Å². The van der Waals surface area contributed by atoms with Crippen LogP contribution in [-0.4, -0.2) is 28.4 Å². The van der Waals surface area contributed by atoms with Crippen LogP contribution in [0.15, 0.2) is 83.4 Å². The molecule has 0 fully saturated rings. The van der Waals surface area contributed by atoms with E-state index in [2.05, 4.69) is 15.8 Å². The molecule has 9 heteroatoms. The highest BCUT2D eigenvalue weighted by Gasteiger charge is 2.21. The second-order valence-corrected chi connectivity index (χ2v) is 9.23. The molecule has 0 bridgehead atoms. The lowest BCUT2D eigenvalue weighted by Gasteiger charge is -2.16. The van der Waals surface area contributed by atoms with Gasteiger partial charge in [-0.05, 0) is 43.0 Å². The first kappa shape index (κ1) is 26.9. The highest BCUT2D eigenvalue weighted by Crippen LogP contribution is 2.31. The average Bonchev–Trinajstić information content (AvgIpc) is 3.27. The minimum absolute atomic E-state index is 0.262. The number of halogens is 1. The lowest BCUT2D eigenvalue weighted by atomic mass is 10.0. The van der Waals surface area contributed by atoms with Crippen molar-refractivity contribution < 1.29 is 24.0 Å². The van der Waals surface area contributed by atoms with Gasteiger partial charge in [0.2, 0.25) is 0 Å². The zero-order valence-electron chi connectivity index (χ0n) is 21.0. The number of aromatic nitrogens is 1. The summed E-state index contributed by atoms with van der Waals surface area (Å²) in [6.45, 7) is 3.87. The van der Waals surface area contributed by atoms with Gasteiger partial charge in [-0.15, -0.1) is 0 Å². The Balaban J connectivity index is 1.40. The monoisotopic (exact) mass is 533 g/mol. The van der Waals surface area contributed by atoms with Crippen molar-refractivity contribution in [2.45, 2.75) is 39.0 Å². The third-order valence-corrected chi connectivity index (χ3v) is 6.46. The summed E-state index contributed by atoms with van der Waals surface area (Å²) in [5.41, 5.74) is 4.16. The highest BCUT2D eigenvalue weighted by molar-refractivity contribution is 6.31. The van der Waals surface area contributed by atoms with Crippen LogP contribution < -0.4 is 10.6 Å². The number of carbonyl (C=O) groups is 2. The number of ether oxygens (including phenoxy) is 1. The van der Waals surface area contributed by atoms with Gasteiger partial charge in [-0.3, -0.25) is 10.1 Å². The van der Waals surface area contributed by atoms with Crippen molar-refractivity contribution in [2.75, 3.05) is 5.32 Å². The van der Waals surface area contributed by atoms with Crippen LogP contribution in [-0.2, 0) is 22.5 Å². The first-order valence-electron chi connectivity index (χ1n) is 12.1. The molecule has 0 aliphatic heterocycles. The van der Waals surface area contributed by atoms with Crippen molar-refractivity contribution in [1.82, 2.24) is 10.5 Å². The first-order valence-corrected chi connectivity index (χ1v) is 12.5. The van der Waals surface area contributed by atoms with E-state index in [-0.39, 0.29) is 6.42 Å². The number of aryl methyl sites for hydroxylation is 1. The van der Waals surface area contributed by atoms with E-state index in [0.717, 1.165) is 16.7 Å². The number of benzene rings is 3. The average molecular weight is 534 g/mol. The Morgan fingerprint density at radius 2 is 1.71 bits per heavy atom. The number of carboxylic acid groups (broad SMARTS) is 1. The Labute approximate surface area is 225 Å². The quantitative estimate of drug-likeness (QED) is 0.216. The molecule has 8 nitrogen and oxygen atoms in total. The Kier molecular flexibility index (Phi) is 8.78. The van der Waals surface area contributed by atoms with E-state index >= 15 is 0 Å². The van der Waals surface area contributed by atoms with Gasteiger partial charge in [-0.25, -0.2) is 4.79 Å². The van der Waals surface area contributed by atoms with Gasteiger partial charge in [0.1, 0.15) is 23.5 Å². The summed E-state index contributed by atoms with van der Waals surface area (Å²) in [6, 6.07) is 23.2. The topological polar surface area (TPSA) is 114 Å². The molecule has 4 aromatic rings. The standard InChI is InChI=1S/C29H28ClN3O5/c1-18-26(32-29(36)37-19(2)21-8-4-3-5-9-21)27(38-33-18)22-14-12-20(13-15-22)17-31-25(28(34)35)16-23-10-6-7-11-24(23)30/h3-15,19,25,31H,16-17H2,1-2H3,(H,32,36)(H,34,35)/t19-,25-/m1/s1. The van der Waals surface area contributed by atoms with E-state index in [1.165, 1.54) is 0 Å². The summed E-state index contributed by atoms with van der Waals surface area (Å²) in [6.07, 6.45) is -0.787. The Morgan fingerprint density at radius 1 is 1.03 bits per heavy atom. The molecule has 1 aromatic heterocycles. The number of anilines is 1. The van der Waals surface area contributed by atoms with Gasteiger partial charge >= 0.3 is 12.1 Å². The van der Waals surface area contributed by atoms with Gasteiger partial charge in [-0.1, -0.05) is 89.6 Å². The molecule has 0 saturated heterocycles. The molecule has 1 heterocycles. The van der Waals surface area contributed by atoms with Crippen LogP contribution in [0.2, 0.25) is 5.02 Å². The van der Waals surface area contributed by atoms with E-state index in [1.807, 2.05) is 72.8 Å². The molecule has 0 saturated carbocycles. The lowest BCUT2D eigenvalue weighted by Crippen LogP contribution is -2.38. The van der Waals surface area contributed by atoms with Crippen LogP contribution in [0.5, 0.6) is 0 Å². The number of carbonyl (C=O) groups excluding carboxylic acids is 1. The fourth-order valence-corrected chi connectivity index (χ4v) is 4.16. The van der Waals surface area contributed by atoms with Crippen LogP contribution in [0, 0.1) is 6.92 Å². The van der Waals surface area contributed by atoms with E-state index in [4.69, 9.17) is 20.9 Å². The third kappa shape index (κ3) is 6.79. The number of nitrogens with zero attached hydrogens (tertiary/aromatic N) is 1. The Bertz CT molecular complexity index is 1390. The van der Waals surface area contributed by atoms with Gasteiger partial charge < -0.3 is 19.7 Å². The minimum Gasteiger partial charge on any atom is -0.480 e. The van der Waals surface area contributed by atoms with Crippen molar-refractivity contribution in [3.63, 3.8) is 0 Å². The molecule has 196 valence electrons. The number of hydrogen-bond acceptors (Lipinski definition) is 6. The second-order valence-electron chi connectivity index (χ2n) is 8.82. The lowest BCUT2D eigenvalue weighted by molar-refractivity contribution is -0.139. The first-order chi connectivity index (χ1) is 18.3. The predicted molar refractivity (Wildman–Crippen MR) is 145 cm³/mol. The molecule has 3 aromatic carbocycles. The maximum atomic E-state index is 12.6. The molecule has 1 amide bonds. The molecular formula is C29H28ClN3O5. The van der Waals surface area contributed by atoms with E-state index < -0.39 is 24.2 Å². The summed E-state index contributed by atoms with van der Waals surface area (Å²) in [7, 11) is 0. The molecular weight excluding hydrogens is 506 g/mol. The van der Waals surface area contributed by atoms with Crippen molar-refractivity contribution >= 4 is 29.4 Å². The summed E-state index contributed by atoms with van der Waals surface area (Å²) in [5.74, 6) is -0.559. The van der Waals surface area contributed by atoms with Crippen LogP contribution >= 0.6 is 11.6 Å². The van der Waals surface area contributed by atoms with E-state index in [0.29, 0.717) is 34.3 Å². The van der Waals surface area contributed by atoms with Gasteiger partial charge in [0.25, 0.3) is 0 Å². The molecule has 0 aliphatic carbocycles. The van der Waals surface area contributed by atoms with Crippen LogP contribution in [0.4, 0.5) is 10.5 Å². The van der Waals surface area contributed by atoms with Gasteiger partial charge in [0, 0.05) is 17.1 Å². The molecule has 38 heavy (non-hydrogen) atoms. The zero-order chi connectivity index (χ0) is 27.1. The summed E-state index contributed by atoms with van der Waals surface area (Å²) < 4.78 is 11.0. The molecule has 0 unspecified atom stereocenters. The smallest absolute Gasteiger partial charge is 0.412 e. The summed E-state index contributed by atoms with van der Waals surface area (Å²) in [5, 5.41) is 20.0. The molecule has 0 radical (unpaired) electrons. The largest absolute Gasteiger partial charge is 0.480 e. The zero-order valence-corrected chi connectivity index (χ0v) is 21.7. The van der Waals surface area contributed by atoms with Crippen molar-refractivity contribution in [2.24, 2.45) is 0 Å². The number of nitrogens with one attached hydrogen (secondary N) is 2. The van der Waals surface area contributed by atoms with Gasteiger partial charge in [0.15, 0.2) is 5.76 Å². The van der Waals surface area contributed by atoms with E-state index in [9.17, 15) is 14.7 Å². The van der Waals surface area contributed by atoms with Gasteiger partial charge in [0.05, 0.1) is 0 Å². The molecule has 0 aliphatic rings. The molecule has 0 spiro atoms. The van der Waals surface area contributed by atoms with Crippen molar-refractivity contribution in [1.29, 1.82) is 0 Å². The second kappa shape index (κ2) is 12.4. The summed E-state index contributed by atoms with van der Waals surface area (Å²) in [4.78, 5) is 24.4. The predicted octanol–water partition coefficient (Wildman–Crippen LogP) is 6.40. The van der Waals surface area contributed by atoms with Crippen molar-refractivity contribution in [3.8, 4) is 11.3 Å². The fourth-order valence-electron chi connectivity index (χ4n) is 3.94. The third-order valence-electron chi connectivity index (χ3n) is 6.09. The Hall–Kier alpha value is -4.14. The number of carboxylic acids is 1. The maximum absolute atomic E-state index is 12.6. The minimum atomic E-state index is -0.956. The maximum Gasteiger partial charge on any atom is 0.412 e. The normalized spacial score (nSPS) is 12.5. The molecule has 3 N–H and O–H groups in total. The molecule has 4 rings (SSSR count). The van der Waals surface area contributed by atoms with Crippen LogP contribution in [0.25, 0.3) is 11.3 Å². The number of amides is 1. The van der Waals surface area contributed by atoms with Crippen LogP contribution in [0.3, 0.4) is 0 Å². The number of rotatable bonds is 10. The van der Waals surface area contributed by atoms with Crippen molar-refractivity contribution in [3.05, 3.63) is 106 Å². The fraction of sp³-hybridized carbons (Fsp3) is 0.207. The van der Waals surface area contributed by atoms with Crippen LogP contribution in [0.1, 0.15) is 35.4 Å². The highest BCUT2D eigenvalue weighted by atomic mass is 35.5.